The zero-order chi connectivity index (χ0) is 24.0. The van der Waals surface area contributed by atoms with Crippen molar-refractivity contribution in [2.75, 3.05) is 47.5 Å². The van der Waals surface area contributed by atoms with Crippen LogP contribution < -0.4 is 10.1 Å². The van der Waals surface area contributed by atoms with Gasteiger partial charge in [0.25, 0.3) is 0 Å². The van der Waals surface area contributed by atoms with Crippen LogP contribution in [-0.2, 0) is 20.9 Å². The van der Waals surface area contributed by atoms with E-state index in [1.54, 1.807) is 41.1 Å². The number of hydrazine groups is 1. The van der Waals surface area contributed by atoms with E-state index < -0.39 is 12.2 Å². The first kappa shape index (κ1) is 24.8. The van der Waals surface area contributed by atoms with Gasteiger partial charge >= 0.3 is 6.03 Å². The monoisotopic (exact) mass is 461 g/mol. The molecule has 0 aromatic heterocycles. The highest BCUT2D eigenvalue weighted by Gasteiger charge is 2.50. The van der Waals surface area contributed by atoms with Crippen molar-refractivity contribution in [3.63, 3.8) is 0 Å². The van der Waals surface area contributed by atoms with E-state index in [4.69, 9.17) is 9.47 Å². The minimum atomic E-state index is -0.571. The van der Waals surface area contributed by atoms with Crippen LogP contribution in [0.3, 0.4) is 0 Å². The molecule has 1 aromatic rings. The number of hydrogen-bond acceptors (Lipinski definition) is 6. The molecule has 10 heteroatoms. The Balaban J connectivity index is 1.80. The van der Waals surface area contributed by atoms with Gasteiger partial charge in [0, 0.05) is 27.2 Å². The number of urea groups is 1. The summed E-state index contributed by atoms with van der Waals surface area (Å²) in [6, 6.07) is 6.58. The van der Waals surface area contributed by atoms with E-state index in [2.05, 4.69) is 12.2 Å². The van der Waals surface area contributed by atoms with Crippen LogP contribution in [0.5, 0.6) is 5.75 Å². The van der Waals surface area contributed by atoms with Gasteiger partial charge in [-0.3, -0.25) is 9.59 Å². The normalized spacial score (nSPS) is 21.3. The number of carbonyl (C=O) groups excluding carboxylic acids is 3. The molecule has 182 valence electrons. The number of rotatable bonds is 9. The maximum atomic E-state index is 13.3. The lowest BCUT2D eigenvalue weighted by Gasteiger charge is -2.54. The van der Waals surface area contributed by atoms with Crippen LogP contribution >= 0.6 is 0 Å². The van der Waals surface area contributed by atoms with E-state index >= 15 is 0 Å². The number of methoxy groups -OCH3 is 2. The molecule has 2 aliphatic heterocycles. The molecule has 0 aliphatic carbocycles. The lowest BCUT2D eigenvalue weighted by molar-refractivity contribution is -0.187. The first-order chi connectivity index (χ1) is 15.9. The summed E-state index contributed by atoms with van der Waals surface area (Å²) in [5.41, 5.74) is 0.929. The van der Waals surface area contributed by atoms with E-state index in [0.29, 0.717) is 26.1 Å². The van der Waals surface area contributed by atoms with Gasteiger partial charge in [0.2, 0.25) is 11.8 Å². The molecule has 10 nitrogen and oxygen atoms in total. The van der Waals surface area contributed by atoms with Gasteiger partial charge in [0.05, 0.1) is 26.8 Å². The maximum absolute atomic E-state index is 13.3. The first-order valence-corrected chi connectivity index (χ1v) is 11.4. The molecule has 2 fully saturated rings. The highest BCUT2D eigenvalue weighted by Crippen LogP contribution is 2.28. The zero-order valence-corrected chi connectivity index (χ0v) is 20.0. The van der Waals surface area contributed by atoms with Gasteiger partial charge < -0.3 is 24.6 Å². The smallest absolute Gasteiger partial charge is 0.334 e. The first-order valence-electron chi connectivity index (χ1n) is 11.4. The Morgan fingerprint density at radius 1 is 1.18 bits per heavy atom. The molecule has 3 rings (SSSR count). The number of likely N-dealkylation sites (N-methyl/N-ethyl adjacent to an activating group) is 1. The maximum Gasteiger partial charge on any atom is 0.334 e. The Labute approximate surface area is 195 Å². The molecule has 0 radical (unpaired) electrons. The van der Waals surface area contributed by atoms with Crippen LogP contribution in [0.4, 0.5) is 4.79 Å². The van der Waals surface area contributed by atoms with Gasteiger partial charge in [-0.1, -0.05) is 31.9 Å². The van der Waals surface area contributed by atoms with E-state index in [1.807, 2.05) is 24.3 Å². The average Bonchev–Trinajstić information content (AvgIpc) is 2.81. The largest absolute Gasteiger partial charge is 0.497 e. The van der Waals surface area contributed by atoms with Gasteiger partial charge in [0.15, 0.2) is 0 Å². The highest BCUT2D eigenvalue weighted by molar-refractivity contribution is 5.91. The van der Waals surface area contributed by atoms with E-state index in [9.17, 15) is 14.4 Å². The van der Waals surface area contributed by atoms with E-state index in [0.717, 1.165) is 24.2 Å². The molecule has 33 heavy (non-hydrogen) atoms. The van der Waals surface area contributed by atoms with Crippen molar-refractivity contribution >= 4 is 17.8 Å². The molecule has 0 unspecified atom stereocenters. The summed E-state index contributed by atoms with van der Waals surface area (Å²) < 4.78 is 10.4. The molecule has 4 amide bonds. The molecule has 0 bridgehead atoms. The van der Waals surface area contributed by atoms with Crippen LogP contribution in [0, 0.1) is 0 Å². The molecule has 2 heterocycles. The topological polar surface area (TPSA) is 94.7 Å². The van der Waals surface area contributed by atoms with Gasteiger partial charge in [-0.15, -0.1) is 0 Å². The number of benzene rings is 1. The van der Waals surface area contributed by atoms with Crippen molar-refractivity contribution in [2.45, 2.75) is 44.9 Å². The summed E-state index contributed by atoms with van der Waals surface area (Å²) in [6.45, 7) is 3.49. The molecule has 2 atom stereocenters. The van der Waals surface area contributed by atoms with Crippen molar-refractivity contribution in [3.8, 4) is 5.75 Å². The van der Waals surface area contributed by atoms with E-state index in [-0.39, 0.29) is 30.9 Å². The van der Waals surface area contributed by atoms with Crippen molar-refractivity contribution in [3.05, 3.63) is 29.8 Å². The summed E-state index contributed by atoms with van der Waals surface area (Å²) >= 11 is 0. The number of nitrogens with one attached hydrogen (secondary N) is 1. The summed E-state index contributed by atoms with van der Waals surface area (Å²) in [6.07, 6.45) is 1.75. The number of unbranched alkanes of at least 4 members (excludes halogenated alkanes) is 1. The van der Waals surface area contributed by atoms with Crippen molar-refractivity contribution < 1.29 is 23.9 Å². The number of amides is 4. The predicted molar refractivity (Wildman–Crippen MR) is 122 cm³/mol. The molecule has 2 aliphatic rings. The zero-order valence-electron chi connectivity index (χ0n) is 20.0. The standard InChI is InChI=1S/C23H35N5O5/c1-5-6-7-19-22(30)26(12-13-32-3)15-20-27(19)21(29)16-25(2)28(20)23(31)24-14-17-8-10-18(33-4)11-9-17/h8-11,19-20H,5-7,12-16H2,1-4H3,(H,24,31)/t19-,20-/m0/s1. The Hall–Kier alpha value is -2.85. The van der Waals surface area contributed by atoms with Crippen LogP contribution in [0.15, 0.2) is 24.3 Å². The quantitative estimate of drug-likeness (QED) is 0.595. The van der Waals surface area contributed by atoms with Gasteiger partial charge in [0.1, 0.15) is 18.0 Å². The Morgan fingerprint density at radius 2 is 1.91 bits per heavy atom. The molecule has 0 spiro atoms. The third-order valence-electron chi connectivity index (χ3n) is 6.15. The lowest BCUT2D eigenvalue weighted by atomic mass is 10.0. The second-order valence-corrected chi connectivity index (χ2v) is 8.38. The summed E-state index contributed by atoms with van der Waals surface area (Å²) in [5.74, 6) is 0.534. The number of ether oxygens (including phenoxy) is 2. The molecule has 0 saturated carbocycles. The third-order valence-corrected chi connectivity index (χ3v) is 6.15. The minimum Gasteiger partial charge on any atom is -0.497 e. The summed E-state index contributed by atoms with van der Waals surface area (Å²) in [4.78, 5) is 42.8. The van der Waals surface area contributed by atoms with E-state index in [1.165, 1.54) is 0 Å². The third kappa shape index (κ3) is 5.56. The molecular weight excluding hydrogens is 426 g/mol. The number of fused-ring (bicyclic) bond motifs is 1. The van der Waals surface area contributed by atoms with Crippen LogP contribution in [-0.4, -0.2) is 97.4 Å². The molecular formula is C23H35N5O5. The fourth-order valence-corrected chi connectivity index (χ4v) is 4.38. The Kier molecular flexibility index (Phi) is 8.51. The molecule has 2 saturated heterocycles. The van der Waals surface area contributed by atoms with Gasteiger partial charge in [-0.05, 0) is 24.1 Å². The SMILES string of the molecule is CCCC[C@H]1C(=O)N(CCOC)C[C@H]2N1C(=O)CN(C)N2C(=O)NCc1ccc(OC)cc1. The van der Waals surface area contributed by atoms with Gasteiger partial charge in [-0.25, -0.2) is 14.8 Å². The predicted octanol–water partition coefficient (Wildman–Crippen LogP) is 1.27. The molecule has 1 N–H and O–H groups in total. The highest BCUT2D eigenvalue weighted by atomic mass is 16.5. The fourth-order valence-electron chi connectivity index (χ4n) is 4.38. The summed E-state index contributed by atoms with van der Waals surface area (Å²) in [7, 11) is 4.92. The Morgan fingerprint density at radius 3 is 2.55 bits per heavy atom. The van der Waals surface area contributed by atoms with Crippen molar-refractivity contribution in [2.24, 2.45) is 0 Å². The van der Waals surface area contributed by atoms with Crippen LogP contribution in [0.1, 0.15) is 31.7 Å². The summed E-state index contributed by atoms with van der Waals surface area (Å²) in [5, 5.41) is 6.15. The van der Waals surface area contributed by atoms with Crippen LogP contribution in [0.25, 0.3) is 0 Å². The molecule has 1 aromatic carbocycles. The fraction of sp³-hybridized carbons (Fsp3) is 0.609. The van der Waals surface area contributed by atoms with Crippen molar-refractivity contribution in [1.82, 2.24) is 25.1 Å². The second-order valence-electron chi connectivity index (χ2n) is 8.38. The second kappa shape index (κ2) is 11.3. The number of carbonyl (C=O) groups is 3. The average molecular weight is 462 g/mol. The number of nitrogens with zero attached hydrogens (tertiary/aromatic N) is 4. The Bertz CT molecular complexity index is 833. The number of piperazine rings is 1. The lowest BCUT2D eigenvalue weighted by Crippen LogP contribution is -2.76. The van der Waals surface area contributed by atoms with Crippen LogP contribution in [0.2, 0.25) is 0 Å². The minimum absolute atomic E-state index is 0.0421. The van der Waals surface area contributed by atoms with Crippen molar-refractivity contribution in [1.29, 1.82) is 0 Å². The van der Waals surface area contributed by atoms with Gasteiger partial charge in [-0.2, -0.15) is 0 Å². The number of hydrogen-bond donors (Lipinski definition) is 1.